The topological polar surface area (TPSA) is 96.0 Å². The predicted octanol–water partition coefficient (Wildman–Crippen LogP) is 4.39. The van der Waals surface area contributed by atoms with Crippen molar-refractivity contribution in [2.45, 2.75) is 35.9 Å². The van der Waals surface area contributed by atoms with Crippen LogP contribution in [-0.2, 0) is 34.7 Å². The zero-order valence-electron chi connectivity index (χ0n) is 17.2. The quantitative estimate of drug-likeness (QED) is 0.161. The van der Waals surface area contributed by atoms with Gasteiger partial charge in [0.1, 0.15) is 11.5 Å². The molecule has 0 aliphatic rings. The highest BCUT2D eigenvalue weighted by Crippen LogP contribution is 2.53. The third-order valence-electron chi connectivity index (χ3n) is 3.74. The number of alkyl halides is 12. The molecule has 0 N–H and O–H groups in total. The Kier molecular flexibility index (Phi) is 10.2. The normalized spacial score (nSPS) is 17.6. The van der Waals surface area contributed by atoms with E-state index in [9.17, 15) is 77.3 Å². The average Bonchev–Trinajstić information content (AvgIpc) is 2.63. The van der Waals surface area contributed by atoms with Crippen LogP contribution in [0.1, 0.15) is 0 Å². The molecule has 0 amide bonds. The molecule has 2 unspecified atom stereocenters. The average molecular weight is 622 g/mol. The van der Waals surface area contributed by atoms with Gasteiger partial charge in [-0.15, -0.1) is 7.77 Å². The van der Waals surface area contributed by atoms with Crippen molar-refractivity contribution in [2.75, 3.05) is 24.7 Å². The summed E-state index contributed by atoms with van der Waals surface area (Å²) in [6, 6.07) is 0. The van der Waals surface area contributed by atoms with Gasteiger partial charge in [-0.25, -0.2) is 0 Å². The van der Waals surface area contributed by atoms with Crippen molar-refractivity contribution >= 4 is 20.4 Å². The summed E-state index contributed by atoms with van der Waals surface area (Å²) >= 11 is 0. The lowest BCUT2D eigenvalue weighted by atomic mass is 10.1. The second-order valence-electron chi connectivity index (χ2n) is 6.47. The fourth-order valence-electron chi connectivity index (χ4n) is 1.90. The summed E-state index contributed by atoms with van der Waals surface area (Å²) in [6.07, 6.45) is -14.1. The van der Waals surface area contributed by atoms with E-state index in [0.29, 0.717) is 0 Å². The van der Waals surface area contributed by atoms with Gasteiger partial charge in [0, 0.05) is 0 Å². The minimum Gasteiger partial charge on any atom is -0.455 e. The second-order valence-corrected chi connectivity index (χ2v) is 9.44. The Morgan fingerprint density at radius 3 is 1.00 bits per heavy atom. The first-order valence-corrected chi connectivity index (χ1v) is 11.5. The van der Waals surface area contributed by atoms with E-state index < -0.39 is 92.6 Å². The zero-order valence-corrected chi connectivity index (χ0v) is 18.8. The Hall–Kier alpha value is -1.88. The molecule has 0 radical (unpaired) electrons. The van der Waals surface area contributed by atoms with Crippen LogP contribution in [0, 0.1) is 0 Å². The van der Waals surface area contributed by atoms with Gasteiger partial charge in [-0.1, -0.05) is 13.2 Å². The lowest BCUT2D eigenvalue weighted by Crippen LogP contribution is -2.59. The molecule has 0 aromatic rings. The number of halogens is 14. The van der Waals surface area contributed by atoms with E-state index in [1.54, 1.807) is 0 Å². The van der Waals surface area contributed by atoms with Gasteiger partial charge in [0.25, 0.3) is 0 Å². The first-order valence-electron chi connectivity index (χ1n) is 8.42. The molecule has 2 atom stereocenters. The molecule has 0 aliphatic heterocycles. The molecule has 0 fully saturated rings. The Balaban J connectivity index is 6.51. The maximum atomic E-state index is 14.7. The molecule has 23 heteroatoms. The molecule has 0 aliphatic carbocycles. The summed E-state index contributed by atoms with van der Waals surface area (Å²) < 4.78 is 237. The van der Waals surface area contributed by atoms with E-state index in [4.69, 9.17) is 0 Å². The molecule has 37 heavy (non-hydrogen) atoms. The van der Waals surface area contributed by atoms with Gasteiger partial charge in [-0.3, -0.25) is 0 Å². The van der Waals surface area contributed by atoms with E-state index in [-0.39, 0.29) is 0 Å². The molecule has 0 spiro atoms. The van der Waals surface area contributed by atoms with Crippen LogP contribution in [0.15, 0.2) is 24.7 Å². The van der Waals surface area contributed by atoms with E-state index in [2.05, 4.69) is 14.2 Å². The van der Waals surface area contributed by atoms with Crippen molar-refractivity contribution < 1.29 is 91.5 Å². The van der Waals surface area contributed by atoms with Crippen molar-refractivity contribution in [2.24, 2.45) is 0 Å². The van der Waals surface area contributed by atoms with Crippen molar-refractivity contribution in [3.05, 3.63) is 24.7 Å². The van der Waals surface area contributed by atoms with Crippen LogP contribution < -0.4 is 0 Å². The molecule has 0 bridgehead atoms. The summed E-state index contributed by atoms with van der Waals surface area (Å²) in [6.45, 7) is -0.387. The number of ether oxygens (including phenoxy) is 3. The van der Waals surface area contributed by atoms with Crippen LogP contribution in [0.25, 0.3) is 0 Å². The minimum absolute atomic E-state index is 2.03. The number of hydrogen-bond acceptors (Lipinski definition) is 7. The van der Waals surface area contributed by atoms with Gasteiger partial charge in [-0.2, -0.15) is 69.5 Å². The lowest BCUT2D eigenvalue weighted by Gasteiger charge is -2.38. The third-order valence-corrected chi connectivity index (χ3v) is 5.05. The molecule has 0 saturated heterocycles. The standard InChI is InChI=1S/C14H12F14O7S2/c1-7(9(15,11(17,18)13(21,22)23)33-3-5-36(27,29)30)35-8(2)10(16,12(19,20)14(24,25)26)34-4-6-37(28,31)32/h1-6H2. The summed E-state index contributed by atoms with van der Waals surface area (Å²) in [4.78, 5) is 0. The highest BCUT2D eigenvalue weighted by Gasteiger charge is 2.77. The fourth-order valence-corrected chi connectivity index (χ4v) is 2.47. The predicted molar refractivity (Wildman–Crippen MR) is 90.7 cm³/mol. The van der Waals surface area contributed by atoms with Crippen LogP contribution in [0.5, 0.6) is 0 Å². The van der Waals surface area contributed by atoms with Gasteiger partial charge in [0.15, 0.2) is 11.5 Å². The van der Waals surface area contributed by atoms with Gasteiger partial charge < -0.3 is 14.2 Å². The van der Waals surface area contributed by atoms with Crippen molar-refractivity contribution in [1.82, 2.24) is 0 Å². The highest BCUT2D eigenvalue weighted by atomic mass is 32.3. The monoisotopic (exact) mass is 622 g/mol. The van der Waals surface area contributed by atoms with E-state index >= 15 is 0 Å². The van der Waals surface area contributed by atoms with Crippen molar-refractivity contribution in [3.8, 4) is 0 Å². The van der Waals surface area contributed by atoms with E-state index in [1.165, 1.54) is 0 Å². The fraction of sp³-hybridized carbons (Fsp3) is 0.714. The maximum Gasteiger partial charge on any atom is 0.460 e. The molecule has 0 rings (SSSR count). The number of hydrogen-bond donors (Lipinski definition) is 0. The Bertz CT molecular complexity index is 983. The highest BCUT2D eigenvalue weighted by molar-refractivity contribution is 7.86. The molecular formula is C14H12F14O7S2. The molecule has 0 heterocycles. The van der Waals surface area contributed by atoms with Crippen LogP contribution in [0.2, 0.25) is 0 Å². The third kappa shape index (κ3) is 8.05. The molecule has 0 aromatic heterocycles. The van der Waals surface area contributed by atoms with Gasteiger partial charge in [-0.05, 0) is 0 Å². The van der Waals surface area contributed by atoms with Crippen molar-refractivity contribution in [1.29, 1.82) is 0 Å². The second kappa shape index (κ2) is 10.7. The first kappa shape index (κ1) is 35.1. The van der Waals surface area contributed by atoms with Gasteiger partial charge >= 0.3 is 56.4 Å². The van der Waals surface area contributed by atoms with Crippen LogP contribution in [0.3, 0.4) is 0 Å². The summed E-state index contributed by atoms with van der Waals surface area (Å²) in [5, 5.41) is 0. The summed E-state index contributed by atoms with van der Waals surface area (Å²) in [7, 11) is -11.5. The SMILES string of the molecule is C=C(OC(=C)C(F)(OCCS(=O)(=O)F)C(F)(F)C(F)(F)F)C(F)(OCCS(=O)(=O)F)C(F)(F)C(F)(F)F. The van der Waals surface area contributed by atoms with Gasteiger partial charge in [0.05, 0.1) is 13.2 Å². The summed E-state index contributed by atoms with van der Waals surface area (Å²) in [5.74, 6) is -36.1. The number of rotatable bonds is 14. The zero-order chi connectivity index (χ0) is 30.1. The lowest BCUT2D eigenvalue weighted by molar-refractivity contribution is -0.385. The van der Waals surface area contributed by atoms with Crippen LogP contribution in [-0.4, -0.2) is 77.5 Å². The molecule has 220 valence electrons. The largest absolute Gasteiger partial charge is 0.460 e. The summed E-state index contributed by atoms with van der Waals surface area (Å²) in [5.41, 5.74) is 0. The smallest absolute Gasteiger partial charge is 0.455 e. The van der Waals surface area contributed by atoms with Crippen molar-refractivity contribution in [3.63, 3.8) is 0 Å². The Morgan fingerprint density at radius 1 is 0.568 bits per heavy atom. The maximum absolute atomic E-state index is 14.7. The van der Waals surface area contributed by atoms with Gasteiger partial charge in [0.2, 0.25) is 0 Å². The minimum atomic E-state index is -7.04. The van der Waals surface area contributed by atoms with Crippen LogP contribution in [0.4, 0.5) is 60.5 Å². The van der Waals surface area contributed by atoms with Crippen LogP contribution >= 0.6 is 0 Å². The molecule has 0 saturated carbocycles. The first-order chi connectivity index (χ1) is 16.0. The Morgan fingerprint density at radius 2 is 0.811 bits per heavy atom. The molecule has 0 aromatic carbocycles. The molecular weight excluding hydrogens is 610 g/mol. The Labute approximate surface area is 198 Å². The van der Waals surface area contributed by atoms with E-state index in [1.807, 2.05) is 13.2 Å². The van der Waals surface area contributed by atoms with E-state index in [0.717, 1.165) is 0 Å². The molecule has 7 nitrogen and oxygen atoms in total.